The molecule has 1 fully saturated rings. The summed E-state index contributed by atoms with van der Waals surface area (Å²) in [6.07, 6.45) is 3.51. The molecule has 0 aromatic heterocycles. The van der Waals surface area contributed by atoms with Crippen LogP contribution in [0.5, 0.6) is 0 Å². The van der Waals surface area contributed by atoms with Gasteiger partial charge >= 0.3 is 0 Å². The Morgan fingerprint density at radius 3 is 2.76 bits per heavy atom. The van der Waals surface area contributed by atoms with Gasteiger partial charge in [-0.3, -0.25) is 0 Å². The van der Waals surface area contributed by atoms with Gasteiger partial charge in [-0.2, -0.15) is 0 Å². The second kappa shape index (κ2) is 6.88. The minimum Gasteiger partial charge on any atom is -0.313 e. The van der Waals surface area contributed by atoms with Crippen LogP contribution in [0.3, 0.4) is 0 Å². The Kier molecular flexibility index (Phi) is 5.38. The molecule has 1 aromatic carbocycles. The molecule has 118 valence electrons. The van der Waals surface area contributed by atoms with Crippen LogP contribution in [0.25, 0.3) is 0 Å². The molecule has 3 unspecified atom stereocenters. The van der Waals surface area contributed by atoms with Gasteiger partial charge in [0.2, 0.25) is 0 Å². The SMILES string of the molecule is CCCNC1CCC(C)CC1S(=O)(=O)c1cccc(F)c1. The Hall–Kier alpha value is -0.940. The number of rotatable bonds is 5. The van der Waals surface area contributed by atoms with E-state index in [1.54, 1.807) is 0 Å². The molecule has 0 heterocycles. The first-order valence-electron chi connectivity index (χ1n) is 7.68. The first-order valence-corrected chi connectivity index (χ1v) is 9.22. The van der Waals surface area contributed by atoms with E-state index in [1.165, 1.54) is 18.2 Å². The lowest BCUT2D eigenvalue weighted by atomic mass is 9.87. The molecule has 0 radical (unpaired) electrons. The minimum atomic E-state index is -3.50. The smallest absolute Gasteiger partial charge is 0.182 e. The van der Waals surface area contributed by atoms with E-state index in [9.17, 15) is 12.8 Å². The standard InChI is InChI=1S/C16H24FNO2S/c1-3-9-18-15-8-7-12(2)10-16(15)21(19,20)14-6-4-5-13(17)11-14/h4-6,11-12,15-16,18H,3,7-10H2,1-2H3. The van der Waals surface area contributed by atoms with Gasteiger partial charge < -0.3 is 5.32 Å². The first kappa shape index (κ1) is 16.4. The van der Waals surface area contributed by atoms with Gasteiger partial charge in [-0.1, -0.05) is 19.9 Å². The van der Waals surface area contributed by atoms with Gasteiger partial charge in [-0.05, 0) is 56.3 Å². The molecule has 1 saturated carbocycles. The van der Waals surface area contributed by atoms with Gasteiger partial charge in [0.25, 0.3) is 0 Å². The van der Waals surface area contributed by atoms with Crippen molar-refractivity contribution in [2.75, 3.05) is 6.54 Å². The van der Waals surface area contributed by atoms with Gasteiger partial charge in [0, 0.05) is 6.04 Å². The van der Waals surface area contributed by atoms with Gasteiger partial charge in [-0.15, -0.1) is 0 Å². The van der Waals surface area contributed by atoms with Crippen LogP contribution in [0, 0.1) is 11.7 Å². The third-order valence-electron chi connectivity index (χ3n) is 4.23. The van der Waals surface area contributed by atoms with E-state index in [4.69, 9.17) is 0 Å². The summed E-state index contributed by atoms with van der Waals surface area (Å²) in [4.78, 5) is 0.102. The maximum atomic E-state index is 13.4. The predicted molar refractivity (Wildman–Crippen MR) is 82.5 cm³/mol. The lowest BCUT2D eigenvalue weighted by Gasteiger charge is -2.35. The normalized spacial score (nSPS) is 26.7. The lowest BCUT2D eigenvalue weighted by Crippen LogP contribution is -2.48. The summed E-state index contributed by atoms with van der Waals surface area (Å²) in [7, 11) is -3.50. The maximum Gasteiger partial charge on any atom is 0.182 e. The molecular weight excluding hydrogens is 289 g/mol. The second-order valence-corrected chi connectivity index (χ2v) is 8.19. The molecule has 0 spiro atoms. The summed E-state index contributed by atoms with van der Waals surface area (Å²) in [5, 5.41) is 2.90. The van der Waals surface area contributed by atoms with Crippen LogP contribution >= 0.6 is 0 Å². The van der Waals surface area contributed by atoms with E-state index in [1.807, 2.05) is 0 Å². The predicted octanol–water partition coefficient (Wildman–Crippen LogP) is 3.16. The Morgan fingerprint density at radius 2 is 2.10 bits per heavy atom. The summed E-state index contributed by atoms with van der Waals surface area (Å²) in [6.45, 7) is 4.97. The van der Waals surface area contributed by atoms with E-state index in [0.29, 0.717) is 12.3 Å². The molecule has 1 aliphatic carbocycles. The van der Waals surface area contributed by atoms with Crippen molar-refractivity contribution in [3.63, 3.8) is 0 Å². The summed E-state index contributed by atoms with van der Waals surface area (Å²) < 4.78 is 39.1. The molecule has 0 saturated heterocycles. The topological polar surface area (TPSA) is 46.2 Å². The molecule has 2 rings (SSSR count). The molecule has 0 aliphatic heterocycles. The van der Waals surface area contributed by atoms with E-state index >= 15 is 0 Å². The number of sulfone groups is 1. The van der Waals surface area contributed by atoms with Crippen LogP contribution < -0.4 is 5.32 Å². The molecule has 1 aliphatic rings. The van der Waals surface area contributed by atoms with Crippen molar-refractivity contribution in [1.82, 2.24) is 5.32 Å². The summed E-state index contributed by atoms with van der Waals surface area (Å²) in [5.74, 6) is -0.115. The van der Waals surface area contributed by atoms with E-state index in [-0.39, 0.29) is 10.9 Å². The molecule has 0 amide bonds. The summed E-state index contributed by atoms with van der Waals surface area (Å²) >= 11 is 0. The quantitative estimate of drug-likeness (QED) is 0.908. The third kappa shape index (κ3) is 3.83. The molecule has 3 atom stereocenters. The van der Waals surface area contributed by atoms with Crippen LogP contribution in [-0.4, -0.2) is 26.3 Å². The zero-order chi connectivity index (χ0) is 15.5. The Balaban J connectivity index is 2.29. The molecule has 21 heavy (non-hydrogen) atoms. The maximum absolute atomic E-state index is 13.4. The van der Waals surface area contributed by atoms with Crippen LogP contribution in [0.15, 0.2) is 29.2 Å². The fraction of sp³-hybridized carbons (Fsp3) is 0.625. The average molecular weight is 313 g/mol. The second-order valence-electron chi connectivity index (χ2n) is 6.02. The van der Waals surface area contributed by atoms with Crippen LogP contribution in [0.1, 0.15) is 39.5 Å². The molecule has 1 aromatic rings. The zero-order valence-corrected chi connectivity index (χ0v) is 13.5. The Morgan fingerprint density at radius 1 is 1.33 bits per heavy atom. The number of hydrogen-bond donors (Lipinski definition) is 1. The zero-order valence-electron chi connectivity index (χ0n) is 12.7. The van der Waals surface area contributed by atoms with Crippen molar-refractivity contribution in [2.45, 2.75) is 55.7 Å². The number of benzene rings is 1. The van der Waals surface area contributed by atoms with Gasteiger partial charge in [-0.25, -0.2) is 12.8 Å². The Labute approximate surface area is 126 Å². The largest absolute Gasteiger partial charge is 0.313 e. The van der Waals surface area contributed by atoms with Crippen molar-refractivity contribution in [3.05, 3.63) is 30.1 Å². The first-order chi connectivity index (χ1) is 9.95. The van der Waals surface area contributed by atoms with E-state index in [0.717, 1.165) is 31.9 Å². The highest BCUT2D eigenvalue weighted by atomic mass is 32.2. The summed E-state index contributed by atoms with van der Waals surface area (Å²) in [5.41, 5.74) is 0. The monoisotopic (exact) mass is 313 g/mol. The highest BCUT2D eigenvalue weighted by Gasteiger charge is 2.38. The van der Waals surface area contributed by atoms with E-state index in [2.05, 4.69) is 19.2 Å². The lowest BCUT2D eigenvalue weighted by molar-refractivity contribution is 0.308. The third-order valence-corrected chi connectivity index (χ3v) is 6.46. The molecular formula is C16H24FNO2S. The van der Waals surface area contributed by atoms with Crippen molar-refractivity contribution in [1.29, 1.82) is 0 Å². The summed E-state index contributed by atoms with van der Waals surface area (Å²) in [6, 6.07) is 5.33. The fourth-order valence-electron chi connectivity index (χ4n) is 3.05. The highest BCUT2D eigenvalue weighted by molar-refractivity contribution is 7.92. The Bertz CT molecular complexity index is 571. The van der Waals surface area contributed by atoms with Crippen LogP contribution in [0.4, 0.5) is 4.39 Å². The molecule has 0 bridgehead atoms. The highest BCUT2D eigenvalue weighted by Crippen LogP contribution is 2.32. The van der Waals surface area contributed by atoms with Crippen LogP contribution in [-0.2, 0) is 9.84 Å². The number of halogens is 1. The molecule has 5 heteroatoms. The van der Waals surface area contributed by atoms with Gasteiger partial charge in [0.15, 0.2) is 9.84 Å². The van der Waals surface area contributed by atoms with Crippen molar-refractivity contribution < 1.29 is 12.8 Å². The van der Waals surface area contributed by atoms with Crippen LogP contribution in [0.2, 0.25) is 0 Å². The fourth-order valence-corrected chi connectivity index (χ4v) is 5.20. The van der Waals surface area contributed by atoms with Crippen molar-refractivity contribution >= 4 is 9.84 Å². The van der Waals surface area contributed by atoms with Gasteiger partial charge in [0.05, 0.1) is 10.1 Å². The number of hydrogen-bond acceptors (Lipinski definition) is 3. The van der Waals surface area contributed by atoms with Crippen molar-refractivity contribution in [3.8, 4) is 0 Å². The van der Waals surface area contributed by atoms with Crippen molar-refractivity contribution in [2.24, 2.45) is 5.92 Å². The molecule has 3 nitrogen and oxygen atoms in total. The molecule has 1 N–H and O–H groups in total. The minimum absolute atomic E-state index is 0.0329. The van der Waals surface area contributed by atoms with E-state index < -0.39 is 20.9 Å². The number of nitrogens with one attached hydrogen (secondary N) is 1. The average Bonchev–Trinajstić information content (AvgIpc) is 2.46. The van der Waals surface area contributed by atoms with Gasteiger partial charge in [0.1, 0.15) is 5.82 Å².